The Labute approximate surface area is 205 Å². The largest absolute Gasteiger partial charge is 0.354 e. The van der Waals surface area contributed by atoms with Gasteiger partial charge in [0.2, 0.25) is 0 Å². The molecule has 0 amide bonds. The first-order chi connectivity index (χ1) is 16.9. The monoisotopic (exact) mass is 465 g/mol. The molecule has 7 nitrogen and oxygen atoms in total. The van der Waals surface area contributed by atoms with E-state index in [0.717, 1.165) is 97.4 Å². The molecule has 1 aromatic heterocycles. The molecule has 3 N–H and O–H groups in total. The third-order valence-corrected chi connectivity index (χ3v) is 6.80. The van der Waals surface area contributed by atoms with Gasteiger partial charge in [-0.3, -0.25) is 9.80 Å². The zero-order valence-corrected chi connectivity index (χ0v) is 20.7. The minimum Gasteiger partial charge on any atom is -0.354 e. The van der Waals surface area contributed by atoms with E-state index < -0.39 is 0 Å². The van der Waals surface area contributed by atoms with Crippen LogP contribution in [-0.4, -0.2) is 93.3 Å². The molecule has 7 heteroatoms. The van der Waals surface area contributed by atoms with Crippen LogP contribution in [0.3, 0.4) is 0 Å². The maximum absolute atomic E-state index is 4.50. The first-order valence-electron chi connectivity index (χ1n) is 13.2. The highest BCUT2D eigenvalue weighted by Crippen LogP contribution is 2.15. The number of aromatic nitrogens is 1. The molecule has 2 aromatic rings. The van der Waals surface area contributed by atoms with Crippen LogP contribution in [0.25, 0.3) is 0 Å². The Morgan fingerprint density at radius 3 is 1.85 bits per heavy atom. The zero-order chi connectivity index (χ0) is 23.3. The smallest absolute Gasteiger partial charge is 0.128 e. The summed E-state index contributed by atoms with van der Waals surface area (Å²) in [4.78, 5) is 12.1. The SMILES string of the molecule is c1ccc(N2CCN(Cc3ccc(CN4CCCNCCNCCCNCC4)cc3)CC2)nc1. The van der Waals surface area contributed by atoms with Crippen LogP contribution in [-0.2, 0) is 13.1 Å². The van der Waals surface area contributed by atoms with Crippen LogP contribution in [0.1, 0.15) is 24.0 Å². The molecule has 0 radical (unpaired) electrons. The predicted octanol–water partition coefficient (Wildman–Crippen LogP) is 1.77. The van der Waals surface area contributed by atoms with E-state index in [2.05, 4.69) is 72.0 Å². The van der Waals surface area contributed by atoms with Crippen LogP contribution in [0, 0.1) is 0 Å². The normalized spacial score (nSPS) is 20.6. The summed E-state index contributed by atoms with van der Waals surface area (Å²) >= 11 is 0. The van der Waals surface area contributed by atoms with Crippen molar-refractivity contribution in [2.24, 2.45) is 0 Å². The molecule has 3 heterocycles. The number of anilines is 1. The lowest BCUT2D eigenvalue weighted by Crippen LogP contribution is -2.46. The summed E-state index contributed by atoms with van der Waals surface area (Å²) in [5, 5.41) is 10.7. The first kappa shape index (κ1) is 25.1. The van der Waals surface area contributed by atoms with Crippen LogP contribution in [0.4, 0.5) is 5.82 Å². The Morgan fingerprint density at radius 1 is 0.588 bits per heavy atom. The van der Waals surface area contributed by atoms with Gasteiger partial charge in [0.05, 0.1) is 0 Å². The van der Waals surface area contributed by atoms with Gasteiger partial charge in [-0.1, -0.05) is 30.3 Å². The molecule has 2 aliphatic heterocycles. The van der Waals surface area contributed by atoms with Gasteiger partial charge in [-0.25, -0.2) is 4.98 Å². The maximum atomic E-state index is 4.50. The third kappa shape index (κ3) is 8.64. The van der Waals surface area contributed by atoms with Crippen molar-refractivity contribution in [2.75, 3.05) is 83.4 Å². The Kier molecular flexibility index (Phi) is 10.6. The Hall–Kier alpha value is -2.03. The van der Waals surface area contributed by atoms with Crippen LogP contribution < -0.4 is 20.9 Å². The summed E-state index contributed by atoms with van der Waals surface area (Å²) in [6.07, 6.45) is 4.28. The van der Waals surface area contributed by atoms with E-state index in [1.165, 1.54) is 24.0 Å². The van der Waals surface area contributed by atoms with Crippen molar-refractivity contribution in [3.05, 3.63) is 59.8 Å². The van der Waals surface area contributed by atoms with E-state index in [-0.39, 0.29) is 0 Å². The zero-order valence-electron chi connectivity index (χ0n) is 20.7. The van der Waals surface area contributed by atoms with Gasteiger partial charge >= 0.3 is 0 Å². The Morgan fingerprint density at radius 2 is 1.21 bits per heavy atom. The minimum atomic E-state index is 1.03. The fraction of sp³-hybridized carbons (Fsp3) is 0.593. The van der Waals surface area contributed by atoms with Gasteiger partial charge in [0.25, 0.3) is 0 Å². The molecule has 0 spiro atoms. The lowest BCUT2D eigenvalue weighted by molar-refractivity contribution is 0.249. The number of rotatable bonds is 5. The van der Waals surface area contributed by atoms with Crippen molar-refractivity contribution in [1.29, 1.82) is 0 Å². The van der Waals surface area contributed by atoms with Crippen LogP contribution in [0.15, 0.2) is 48.7 Å². The third-order valence-electron chi connectivity index (χ3n) is 6.80. The molecule has 0 atom stereocenters. The van der Waals surface area contributed by atoms with Crippen LogP contribution in [0.5, 0.6) is 0 Å². The predicted molar refractivity (Wildman–Crippen MR) is 141 cm³/mol. The number of hydrogen-bond donors (Lipinski definition) is 3. The van der Waals surface area contributed by atoms with Gasteiger partial charge < -0.3 is 20.9 Å². The molecular formula is C27H43N7. The fourth-order valence-electron chi connectivity index (χ4n) is 4.77. The molecular weight excluding hydrogens is 422 g/mol. The van der Waals surface area contributed by atoms with Gasteiger partial charge in [-0.15, -0.1) is 0 Å². The molecule has 2 aliphatic rings. The highest BCUT2D eigenvalue weighted by molar-refractivity contribution is 5.38. The van der Waals surface area contributed by atoms with E-state index in [4.69, 9.17) is 0 Å². The van der Waals surface area contributed by atoms with E-state index in [0.29, 0.717) is 0 Å². The average Bonchev–Trinajstić information content (AvgIpc) is 2.88. The number of nitrogens with zero attached hydrogens (tertiary/aromatic N) is 4. The number of piperazine rings is 1. The Bertz CT molecular complexity index is 776. The molecule has 2 saturated heterocycles. The first-order valence-corrected chi connectivity index (χ1v) is 13.2. The van der Waals surface area contributed by atoms with Crippen molar-refractivity contribution in [3.63, 3.8) is 0 Å². The van der Waals surface area contributed by atoms with E-state index >= 15 is 0 Å². The second-order valence-electron chi connectivity index (χ2n) is 9.50. The maximum Gasteiger partial charge on any atom is 0.128 e. The van der Waals surface area contributed by atoms with E-state index in [1.54, 1.807) is 0 Å². The van der Waals surface area contributed by atoms with Gasteiger partial charge in [-0.2, -0.15) is 0 Å². The molecule has 34 heavy (non-hydrogen) atoms. The van der Waals surface area contributed by atoms with Crippen molar-refractivity contribution >= 4 is 5.82 Å². The number of pyridine rings is 1. The van der Waals surface area contributed by atoms with Crippen molar-refractivity contribution in [1.82, 2.24) is 30.7 Å². The van der Waals surface area contributed by atoms with Gasteiger partial charge in [0.15, 0.2) is 0 Å². The summed E-state index contributed by atoms with van der Waals surface area (Å²) in [5.74, 6) is 1.10. The van der Waals surface area contributed by atoms with Crippen LogP contribution in [0.2, 0.25) is 0 Å². The second kappa shape index (κ2) is 14.4. The lowest BCUT2D eigenvalue weighted by Gasteiger charge is -2.35. The fourth-order valence-corrected chi connectivity index (χ4v) is 4.77. The molecule has 0 saturated carbocycles. The lowest BCUT2D eigenvalue weighted by atomic mass is 10.1. The number of hydrogen-bond acceptors (Lipinski definition) is 7. The van der Waals surface area contributed by atoms with Crippen molar-refractivity contribution < 1.29 is 0 Å². The summed E-state index contributed by atoms with van der Waals surface area (Å²) < 4.78 is 0. The number of benzene rings is 1. The van der Waals surface area contributed by atoms with Crippen molar-refractivity contribution in [2.45, 2.75) is 25.9 Å². The van der Waals surface area contributed by atoms with Gasteiger partial charge in [-0.05, 0) is 62.3 Å². The highest BCUT2D eigenvalue weighted by Gasteiger charge is 2.18. The molecule has 0 aliphatic carbocycles. The standard InChI is InChI=1S/C27H43N7/c1-2-13-31-27(5-1)34-21-19-33(20-22-34)24-26-8-6-25(7-9-26)23-32-17-4-12-29-15-14-28-10-3-11-30-16-18-32/h1-2,5-9,13,28-30H,3-4,10-12,14-24H2. The van der Waals surface area contributed by atoms with Crippen molar-refractivity contribution in [3.8, 4) is 0 Å². The quantitative estimate of drug-likeness (QED) is 0.622. The topological polar surface area (TPSA) is 58.7 Å². The molecule has 4 rings (SSSR count). The highest BCUT2D eigenvalue weighted by atomic mass is 15.3. The summed E-state index contributed by atoms with van der Waals surface area (Å²) in [5.41, 5.74) is 2.83. The second-order valence-corrected chi connectivity index (χ2v) is 9.50. The molecule has 0 bridgehead atoms. The summed E-state index contributed by atoms with van der Waals surface area (Å²) in [7, 11) is 0. The number of nitrogens with one attached hydrogen (secondary N) is 3. The molecule has 1 aromatic carbocycles. The van der Waals surface area contributed by atoms with Gasteiger partial charge in [0, 0.05) is 71.6 Å². The van der Waals surface area contributed by atoms with E-state index in [1.807, 2.05) is 12.3 Å². The minimum absolute atomic E-state index is 1.03. The molecule has 0 unspecified atom stereocenters. The Balaban J connectivity index is 1.22. The molecule has 2 fully saturated rings. The van der Waals surface area contributed by atoms with E-state index in [9.17, 15) is 0 Å². The summed E-state index contributed by atoms with van der Waals surface area (Å²) in [6, 6.07) is 15.5. The average molecular weight is 466 g/mol. The molecule has 186 valence electrons. The van der Waals surface area contributed by atoms with Gasteiger partial charge in [0.1, 0.15) is 5.82 Å². The summed E-state index contributed by atoms with van der Waals surface area (Å²) in [6.45, 7) is 15.1. The van der Waals surface area contributed by atoms with Crippen LogP contribution >= 0.6 is 0 Å².